The summed E-state index contributed by atoms with van der Waals surface area (Å²) in [5.41, 5.74) is 1.64. The smallest absolute Gasteiger partial charge is 0.269 e. The minimum atomic E-state index is -0.449. The van der Waals surface area contributed by atoms with Crippen molar-refractivity contribution in [3.05, 3.63) is 74.8 Å². The summed E-state index contributed by atoms with van der Waals surface area (Å²) in [7, 11) is 0. The van der Waals surface area contributed by atoms with Crippen molar-refractivity contribution < 1.29 is 9.66 Å². The fourth-order valence-corrected chi connectivity index (χ4v) is 1.99. The van der Waals surface area contributed by atoms with Crippen molar-refractivity contribution in [2.24, 2.45) is 0 Å². The van der Waals surface area contributed by atoms with Gasteiger partial charge in [0.25, 0.3) is 5.69 Å². The largest absolute Gasteiger partial charge is 0.487 e. The highest BCUT2D eigenvalue weighted by molar-refractivity contribution is 6.32. The van der Waals surface area contributed by atoms with E-state index >= 15 is 0 Å². The molecule has 6 heteroatoms. The van der Waals surface area contributed by atoms with Gasteiger partial charge in [-0.05, 0) is 41.5 Å². The van der Waals surface area contributed by atoms with Crippen molar-refractivity contribution in [3.8, 4) is 11.8 Å². The SMILES string of the molecule is N#C/C=C/c1ccc(OCc2ccc([N+](=O)[O-])cc2)c(Cl)c1. The van der Waals surface area contributed by atoms with Crippen molar-refractivity contribution in [2.75, 3.05) is 0 Å². The van der Waals surface area contributed by atoms with Crippen molar-refractivity contribution in [1.29, 1.82) is 5.26 Å². The molecule has 0 fully saturated rings. The van der Waals surface area contributed by atoms with Crippen LogP contribution in [0.25, 0.3) is 6.08 Å². The summed E-state index contributed by atoms with van der Waals surface area (Å²) in [5.74, 6) is 0.508. The molecule has 0 atom stereocenters. The summed E-state index contributed by atoms with van der Waals surface area (Å²) < 4.78 is 5.59. The number of halogens is 1. The first kappa shape index (κ1) is 15.5. The monoisotopic (exact) mass is 314 g/mol. The first-order chi connectivity index (χ1) is 10.6. The molecule has 0 saturated carbocycles. The van der Waals surface area contributed by atoms with Gasteiger partial charge >= 0.3 is 0 Å². The molecule has 22 heavy (non-hydrogen) atoms. The molecule has 0 N–H and O–H groups in total. The lowest BCUT2D eigenvalue weighted by atomic mass is 10.2. The van der Waals surface area contributed by atoms with Crippen LogP contribution in [0.1, 0.15) is 11.1 Å². The molecule has 2 rings (SSSR count). The predicted molar refractivity (Wildman–Crippen MR) is 83.5 cm³/mol. The van der Waals surface area contributed by atoms with Crippen molar-refractivity contribution >= 4 is 23.4 Å². The molecule has 2 aromatic rings. The third-order valence-electron chi connectivity index (χ3n) is 2.85. The second kappa shape index (κ2) is 7.25. The Morgan fingerprint density at radius 3 is 2.59 bits per heavy atom. The number of benzene rings is 2. The number of nitro benzene ring substituents is 1. The van der Waals surface area contributed by atoms with E-state index in [1.165, 1.54) is 18.2 Å². The van der Waals surface area contributed by atoms with Crippen LogP contribution in [-0.4, -0.2) is 4.92 Å². The number of non-ortho nitro benzene ring substituents is 1. The average Bonchev–Trinajstić information content (AvgIpc) is 2.52. The second-order valence-electron chi connectivity index (χ2n) is 4.36. The van der Waals surface area contributed by atoms with Crippen molar-refractivity contribution in [3.63, 3.8) is 0 Å². The van der Waals surface area contributed by atoms with Crippen LogP contribution in [0.5, 0.6) is 5.75 Å². The molecule has 5 nitrogen and oxygen atoms in total. The third-order valence-corrected chi connectivity index (χ3v) is 3.14. The molecule has 2 aromatic carbocycles. The molecule has 0 aliphatic carbocycles. The molecule has 0 unspecified atom stereocenters. The highest BCUT2D eigenvalue weighted by Crippen LogP contribution is 2.27. The van der Waals surface area contributed by atoms with E-state index in [0.717, 1.165) is 11.1 Å². The highest BCUT2D eigenvalue weighted by atomic mass is 35.5. The molecular weight excluding hydrogens is 304 g/mol. The molecule has 0 saturated heterocycles. The second-order valence-corrected chi connectivity index (χ2v) is 4.77. The maximum atomic E-state index is 10.6. The Kier molecular flexibility index (Phi) is 5.12. The molecule has 0 aliphatic rings. The Morgan fingerprint density at radius 2 is 2.00 bits per heavy atom. The summed E-state index contributed by atoms with van der Waals surface area (Å²) in [6.07, 6.45) is 3.01. The number of allylic oxidation sites excluding steroid dienone is 1. The first-order valence-corrected chi connectivity index (χ1v) is 6.70. The standard InChI is InChI=1S/C16H11ClN2O3/c17-15-10-12(2-1-9-18)5-8-16(15)22-11-13-3-6-14(7-4-13)19(20)21/h1-8,10H,11H2/b2-1+. The van der Waals surface area contributed by atoms with E-state index in [1.807, 2.05) is 6.07 Å². The number of hydrogen-bond acceptors (Lipinski definition) is 4. The molecule has 0 bridgehead atoms. The highest BCUT2D eigenvalue weighted by Gasteiger charge is 2.06. The maximum Gasteiger partial charge on any atom is 0.269 e. The van der Waals surface area contributed by atoms with Crippen LogP contribution in [0.3, 0.4) is 0 Å². The molecule has 0 radical (unpaired) electrons. The van der Waals surface area contributed by atoms with Crippen LogP contribution >= 0.6 is 11.6 Å². The van der Waals surface area contributed by atoms with Gasteiger partial charge < -0.3 is 4.74 Å². The van der Waals surface area contributed by atoms with Gasteiger partial charge in [0, 0.05) is 18.2 Å². The number of nitrogens with zero attached hydrogens (tertiary/aromatic N) is 2. The summed E-state index contributed by atoms with van der Waals surface area (Å²) in [6.45, 7) is 0.255. The Bertz CT molecular complexity index is 749. The first-order valence-electron chi connectivity index (χ1n) is 6.32. The van der Waals surface area contributed by atoms with Crippen molar-refractivity contribution in [2.45, 2.75) is 6.61 Å². The van der Waals surface area contributed by atoms with E-state index in [1.54, 1.807) is 36.4 Å². The zero-order chi connectivity index (χ0) is 15.9. The van der Waals surface area contributed by atoms with Crippen LogP contribution in [0.4, 0.5) is 5.69 Å². The molecule has 110 valence electrons. The minimum Gasteiger partial charge on any atom is -0.487 e. The van der Waals surface area contributed by atoms with Crippen LogP contribution in [0.15, 0.2) is 48.5 Å². The lowest BCUT2D eigenvalue weighted by molar-refractivity contribution is -0.384. The zero-order valence-corrected chi connectivity index (χ0v) is 12.2. The fraction of sp³-hybridized carbons (Fsp3) is 0.0625. The molecule has 0 heterocycles. The third kappa shape index (κ3) is 4.08. The van der Waals surface area contributed by atoms with Crippen LogP contribution in [-0.2, 0) is 6.61 Å². The molecule has 0 aliphatic heterocycles. The lowest BCUT2D eigenvalue weighted by Gasteiger charge is -2.08. The van der Waals surface area contributed by atoms with E-state index in [-0.39, 0.29) is 12.3 Å². The van der Waals surface area contributed by atoms with E-state index in [9.17, 15) is 10.1 Å². The van der Waals surface area contributed by atoms with Gasteiger partial charge in [-0.1, -0.05) is 17.7 Å². The van der Waals surface area contributed by atoms with Gasteiger partial charge in [0.05, 0.1) is 16.0 Å². The van der Waals surface area contributed by atoms with E-state index in [0.29, 0.717) is 10.8 Å². The lowest BCUT2D eigenvalue weighted by Crippen LogP contribution is -1.96. The molecule has 0 aromatic heterocycles. The van der Waals surface area contributed by atoms with E-state index in [2.05, 4.69) is 0 Å². The number of nitro groups is 1. The Labute approximate surface area is 132 Å². The van der Waals surface area contributed by atoms with E-state index in [4.69, 9.17) is 21.6 Å². The number of nitriles is 1. The predicted octanol–water partition coefficient (Wildman–Crippen LogP) is 4.36. The number of ether oxygens (including phenoxy) is 1. The normalized spacial score (nSPS) is 10.4. The maximum absolute atomic E-state index is 10.6. The Hall–Kier alpha value is -2.84. The van der Waals surface area contributed by atoms with Gasteiger partial charge in [-0.3, -0.25) is 10.1 Å². The molecule has 0 spiro atoms. The van der Waals surface area contributed by atoms with Crippen LogP contribution < -0.4 is 4.74 Å². The summed E-state index contributed by atoms with van der Waals surface area (Å²) in [6, 6.07) is 13.2. The number of hydrogen-bond donors (Lipinski definition) is 0. The molecular formula is C16H11ClN2O3. The fourth-order valence-electron chi connectivity index (χ4n) is 1.75. The average molecular weight is 315 g/mol. The van der Waals surface area contributed by atoms with E-state index < -0.39 is 4.92 Å². The summed E-state index contributed by atoms with van der Waals surface area (Å²) in [5, 5.41) is 19.5. The van der Waals surface area contributed by atoms with Gasteiger partial charge in [0.2, 0.25) is 0 Å². The van der Waals surface area contributed by atoms with Gasteiger partial charge in [-0.2, -0.15) is 5.26 Å². The van der Waals surface area contributed by atoms with Gasteiger partial charge in [0.15, 0.2) is 0 Å². The van der Waals surface area contributed by atoms with Crippen LogP contribution in [0, 0.1) is 21.4 Å². The minimum absolute atomic E-state index is 0.0374. The Balaban J connectivity index is 2.03. The van der Waals surface area contributed by atoms with Crippen molar-refractivity contribution in [1.82, 2.24) is 0 Å². The van der Waals surface area contributed by atoms with Gasteiger partial charge in [0.1, 0.15) is 12.4 Å². The van der Waals surface area contributed by atoms with Gasteiger partial charge in [-0.15, -0.1) is 0 Å². The van der Waals surface area contributed by atoms with Crippen LogP contribution in [0.2, 0.25) is 5.02 Å². The topological polar surface area (TPSA) is 76.2 Å². The summed E-state index contributed by atoms with van der Waals surface area (Å²) >= 11 is 6.11. The number of rotatable bonds is 5. The van der Waals surface area contributed by atoms with Gasteiger partial charge in [-0.25, -0.2) is 0 Å². The zero-order valence-electron chi connectivity index (χ0n) is 11.4. The quantitative estimate of drug-likeness (QED) is 0.466. The Morgan fingerprint density at radius 1 is 1.27 bits per heavy atom. The molecule has 0 amide bonds. The summed E-state index contributed by atoms with van der Waals surface area (Å²) in [4.78, 5) is 10.1.